The highest BCUT2D eigenvalue weighted by Gasteiger charge is 2.20. The molecule has 1 aliphatic heterocycles. The van der Waals surface area contributed by atoms with Crippen molar-refractivity contribution in [1.29, 1.82) is 0 Å². The molecule has 0 atom stereocenters. The van der Waals surface area contributed by atoms with Gasteiger partial charge in [0, 0.05) is 53.2 Å². The van der Waals surface area contributed by atoms with Gasteiger partial charge in [0.1, 0.15) is 0 Å². The Kier molecular flexibility index (Phi) is 4.55. The van der Waals surface area contributed by atoms with Crippen molar-refractivity contribution in [1.82, 2.24) is 20.1 Å². The number of aryl methyl sites for hydroxylation is 2. The number of oxazole rings is 1. The second-order valence-electron chi connectivity index (χ2n) is 4.97. The van der Waals surface area contributed by atoms with Gasteiger partial charge in [-0.15, -0.1) is 0 Å². The third kappa shape index (κ3) is 3.54. The minimum absolute atomic E-state index is 0.0896. The molecule has 0 aliphatic carbocycles. The molecule has 1 saturated heterocycles. The minimum atomic E-state index is -0.0896. The summed E-state index contributed by atoms with van der Waals surface area (Å²) in [4.78, 5) is 20.4. The van der Waals surface area contributed by atoms with Crippen LogP contribution >= 0.6 is 0 Å². The highest BCUT2D eigenvalue weighted by molar-refractivity contribution is 5.92. The van der Waals surface area contributed by atoms with E-state index in [0.717, 1.165) is 32.7 Å². The van der Waals surface area contributed by atoms with Crippen LogP contribution in [0.1, 0.15) is 22.1 Å². The number of hydrogen-bond donors (Lipinski definition) is 1. The SMILES string of the molecule is Cc1nc(C)c(C(=O)N(C)CCN2CCNCC2)o1. The summed E-state index contributed by atoms with van der Waals surface area (Å²) in [5.74, 6) is 0.810. The number of nitrogens with one attached hydrogen (secondary N) is 1. The lowest BCUT2D eigenvalue weighted by molar-refractivity contribution is 0.0741. The molecule has 0 aromatic carbocycles. The fourth-order valence-electron chi connectivity index (χ4n) is 2.23. The summed E-state index contributed by atoms with van der Waals surface area (Å²) < 4.78 is 5.36. The molecule has 1 amide bonds. The van der Waals surface area contributed by atoms with Gasteiger partial charge in [-0.05, 0) is 6.92 Å². The van der Waals surface area contributed by atoms with Crippen molar-refractivity contribution in [2.24, 2.45) is 0 Å². The van der Waals surface area contributed by atoms with Gasteiger partial charge in [0.25, 0.3) is 5.91 Å². The van der Waals surface area contributed by atoms with Crippen molar-refractivity contribution >= 4 is 5.91 Å². The Bertz CT molecular complexity index is 438. The maximum Gasteiger partial charge on any atom is 0.291 e. The number of amides is 1. The van der Waals surface area contributed by atoms with Gasteiger partial charge in [0.05, 0.1) is 5.69 Å². The van der Waals surface area contributed by atoms with Crippen LogP contribution in [-0.4, -0.2) is 67.0 Å². The molecule has 6 heteroatoms. The van der Waals surface area contributed by atoms with E-state index in [0.29, 0.717) is 23.9 Å². The molecule has 0 saturated carbocycles. The zero-order valence-electron chi connectivity index (χ0n) is 11.9. The molecule has 2 heterocycles. The quantitative estimate of drug-likeness (QED) is 0.847. The van der Waals surface area contributed by atoms with Crippen LogP contribution in [0.25, 0.3) is 0 Å². The number of carbonyl (C=O) groups excluding carboxylic acids is 1. The molecular weight excluding hydrogens is 244 g/mol. The van der Waals surface area contributed by atoms with E-state index in [9.17, 15) is 4.79 Å². The van der Waals surface area contributed by atoms with Crippen molar-refractivity contribution in [2.45, 2.75) is 13.8 Å². The number of nitrogens with zero attached hydrogens (tertiary/aromatic N) is 3. The Morgan fingerprint density at radius 1 is 1.42 bits per heavy atom. The standard InChI is InChI=1S/C13H22N4O2/c1-10-12(19-11(2)15-10)13(18)16(3)8-9-17-6-4-14-5-7-17/h14H,4-9H2,1-3H3. The monoisotopic (exact) mass is 266 g/mol. The number of carbonyl (C=O) groups is 1. The average Bonchev–Trinajstić information content (AvgIpc) is 2.75. The van der Waals surface area contributed by atoms with Crippen molar-refractivity contribution in [3.8, 4) is 0 Å². The van der Waals surface area contributed by atoms with Gasteiger partial charge in [-0.25, -0.2) is 4.98 Å². The van der Waals surface area contributed by atoms with Crippen LogP contribution in [0.4, 0.5) is 0 Å². The van der Waals surface area contributed by atoms with Gasteiger partial charge in [-0.3, -0.25) is 9.69 Å². The number of piperazine rings is 1. The van der Waals surface area contributed by atoms with E-state index in [1.807, 2.05) is 7.05 Å². The fourth-order valence-corrected chi connectivity index (χ4v) is 2.23. The minimum Gasteiger partial charge on any atom is -0.436 e. The lowest BCUT2D eigenvalue weighted by Gasteiger charge is -2.28. The molecule has 1 aromatic rings. The summed E-state index contributed by atoms with van der Waals surface area (Å²) in [7, 11) is 1.81. The predicted molar refractivity (Wildman–Crippen MR) is 72.2 cm³/mol. The first-order chi connectivity index (χ1) is 9.08. The molecule has 1 aliphatic rings. The Labute approximate surface area is 113 Å². The summed E-state index contributed by atoms with van der Waals surface area (Å²) in [6.45, 7) is 9.30. The van der Waals surface area contributed by atoms with Crippen LogP contribution in [0.2, 0.25) is 0 Å². The molecule has 0 bridgehead atoms. The van der Waals surface area contributed by atoms with E-state index < -0.39 is 0 Å². The molecule has 0 radical (unpaired) electrons. The van der Waals surface area contributed by atoms with Gasteiger partial charge in [-0.2, -0.15) is 0 Å². The van der Waals surface area contributed by atoms with Crippen LogP contribution < -0.4 is 5.32 Å². The highest BCUT2D eigenvalue weighted by Crippen LogP contribution is 2.11. The van der Waals surface area contributed by atoms with Crippen molar-refractivity contribution in [3.63, 3.8) is 0 Å². The van der Waals surface area contributed by atoms with E-state index in [4.69, 9.17) is 4.42 Å². The third-order valence-corrected chi connectivity index (χ3v) is 3.41. The topological polar surface area (TPSA) is 61.6 Å². The summed E-state index contributed by atoms with van der Waals surface area (Å²) in [6, 6.07) is 0. The molecule has 0 spiro atoms. The zero-order valence-corrected chi connectivity index (χ0v) is 11.9. The lowest BCUT2D eigenvalue weighted by Crippen LogP contribution is -2.46. The number of rotatable bonds is 4. The Morgan fingerprint density at radius 2 is 2.11 bits per heavy atom. The van der Waals surface area contributed by atoms with Crippen molar-refractivity contribution in [3.05, 3.63) is 17.3 Å². The normalized spacial score (nSPS) is 16.6. The Morgan fingerprint density at radius 3 is 2.68 bits per heavy atom. The summed E-state index contributed by atoms with van der Waals surface area (Å²) in [5, 5.41) is 3.32. The molecule has 6 nitrogen and oxygen atoms in total. The van der Waals surface area contributed by atoms with Gasteiger partial charge in [-0.1, -0.05) is 0 Å². The lowest BCUT2D eigenvalue weighted by atomic mass is 10.3. The predicted octanol–water partition coefficient (Wildman–Crippen LogP) is 0.269. The first kappa shape index (κ1) is 14.0. The summed E-state index contributed by atoms with van der Waals surface area (Å²) in [5.41, 5.74) is 0.663. The molecule has 1 aromatic heterocycles. The Balaban J connectivity index is 1.86. The second-order valence-corrected chi connectivity index (χ2v) is 4.97. The average molecular weight is 266 g/mol. The highest BCUT2D eigenvalue weighted by atomic mass is 16.4. The zero-order chi connectivity index (χ0) is 13.8. The van der Waals surface area contributed by atoms with E-state index in [1.165, 1.54) is 0 Å². The number of aromatic nitrogens is 1. The first-order valence-electron chi connectivity index (χ1n) is 6.70. The first-order valence-corrected chi connectivity index (χ1v) is 6.70. The maximum atomic E-state index is 12.2. The summed E-state index contributed by atoms with van der Waals surface area (Å²) >= 11 is 0. The molecule has 0 unspecified atom stereocenters. The molecular formula is C13H22N4O2. The largest absolute Gasteiger partial charge is 0.436 e. The number of likely N-dealkylation sites (N-methyl/N-ethyl adjacent to an activating group) is 1. The Hall–Kier alpha value is -1.40. The van der Waals surface area contributed by atoms with Gasteiger partial charge >= 0.3 is 0 Å². The maximum absolute atomic E-state index is 12.2. The van der Waals surface area contributed by atoms with Crippen LogP contribution in [-0.2, 0) is 0 Å². The third-order valence-electron chi connectivity index (χ3n) is 3.41. The van der Waals surface area contributed by atoms with E-state index in [1.54, 1.807) is 18.7 Å². The molecule has 1 N–H and O–H groups in total. The molecule has 19 heavy (non-hydrogen) atoms. The fraction of sp³-hybridized carbons (Fsp3) is 0.692. The van der Waals surface area contributed by atoms with E-state index in [2.05, 4.69) is 15.2 Å². The van der Waals surface area contributed by atoms with Crippen LogP contribution in [0.3, 0.4) is 0 Å². The summed E-state index contributed by atoms with van der Waals surface area (Å²) in [6.07, 6.45) is 0. The molecule has 2 rings (SSSR count). The van der Waals surface area contributed by atoms with Crippen LogP contribution in [0.5, 0.6) is 0 Å². The van der Waals surface area contributed by atoms with Crippen LogP contribution in [0, 0.1) is 13.8 Å². The second kappa shape index (κ2) is 6.16. The number of hydrogen-bond acceptors (Lipinski definition) is 5. The van der Waals surface area contributed by atoms with Crippen molar-refractivity contribution < 1.29 is 9.21 Å². The van der Waals surface area contributed by atoms with Gasteiger partial charge < -0.3 is 14.6 Å². The van der Waals surface area contributed by atoms with Crippen molar-refractivity contribution in [2.75, 3.05) is 46.3 Å². The van der Waals surface area contributed by atoms with Gasteiger partial charge in [0.2, 0.25) is 5.76 Å². The van der Waals surface area contributed by atoms with Gasteiger partial charge in [0.15, 0.2) is 5.89 Å². The van der Waals surface area contributed by atoms with E-state index in [-0.39, 0.29) is 5.91 Å². The molecule has 1 fully saturated rings. The molecule has 106 valence electrons. The van der Waals surface area contributed by atoms with Crippen LogP contribution in [0.15, 0.2) is 4.42 Å². The smallest absolute Gasteiger partial charge is 0.291 e. The van der Waals surface area contributed by atoms with E-state index >= 15 is 0 Å².